The third-order valence-electron chi connectivity index (χ3n) is 7.56. The average molecular weight is 528 g/mol. The third-order valence-corrected chi connectivity index (χ3v) is 7.56. The van der Waals surface area contributed by atoms with Gasteiger partial charge in [-0.1, -0.05) is 30.3 Å². The van der Waals surface area contributed by atoms with Crippen LogP contribution < -0.4 is 10.2 Å². The van der Waals surface area contributed by atoms with E-state index >= 15 is 0 Å². The van der Waals surface area contributed by atoms with Crippen molar-refractivity contribution in [2.24, 2.45) is 0 Å². The molecule has 1 amide bonds. The number of hydrogen-bond donors (Lipinski definition) is 1. The van der Waals surface area contributed by atoms with Crippen molar-refractivity contribution in [1.29, 1.82) is 0 Å². The van der Waals surface area contributed by atoms with E-state index in [1.54, 1.807) is 18.7 Å². The molecule has 38 heavy (non-hydrogen) atoms. The first-order valence-electron chi connectivity index (χ1n) is 12.5. The summed E-state index contributed by atoms with van der Waals surface area (Å²) in [6, 6.07) is 10.0. The van der Waals surface area contributed by atoms with Crippen LogP contribution in [0.15, 0.2) is 42.5 Å². The van der Waals surface area contributed by atoms with Gasteiger partial charge in [-0.15, -0.1) is 0 Å². The Bertz CT molecular complexity index is 1410. The van der Waals surface area contributed by atoms with E-state index in [1.807, 2.05) is 38.2 Å². The zero-order valence-corrected chi connectivity index (χ0v) is 21.7. The van der Waals surface area contributed by atoms with Gasteiger partial charge in [-0.2, -0.15) is 13.2 Å². The predicted molar refractivity (Wildman–Crippen MR) is 136 cm³/mol. The molecule has 1 spiro atoms. The fourth-order valence-corrected chi connectivity index (χ4v) is 5.67. The number of likely N-dealkylation sites (tertiary alicyclic amines) is 1. The fourth-order valence-electron chi connectivity index (χ4n) is 5.67. The number of aryl methyl sites for hydroxylation is 2. The van der Waals surface area contributed by atoms with Crippen molar-refractivity contribution >= 4 is 17.4 Å². The lowest BCUT2D eigenvalue weighted by molar-refractivity contribution is -0.140. The van der Waals surface area contributed by atoms with E-state index in [1.165, 1.54) is 12.1 Å². The van der Waals surface area contributed by atoms with Crippen molar-refractivity contribution in [3.05, 3.63) is 82.1 Å². The highest BCUT2D eigenvalue weighted by molar-refractivity contribution is 6.04. The summed E-state index contributed by atoms with van der Waals surface area (Å²) in [5.74, 6) is -0.541. The van der Waals surface area contributed by atoms with Crippen molar-refractivity contribution < 1.29 is 22.4 Å². The van der Waals surface area contributed by atoms with E-state index in [9.17, 15) is 22.4 Å². The van der Waals surface area contributed by atoms with Gasteiger partial charge in [0.05, 0.1) is 23.8 Å². The Hall–Kier alpha value is -3.53. The summed E-state index contributed by atoms with van der Waals surface area (Å²) in [5, 5.41) is 3.16. The summed E-state index contributed by atoms with van der Waals surface area (Å²) in [4.78, 5) is 27.3. The number of carbonyl (C=O) groups excluding carboxylic acids is 1. The van der Waals surface area contributed by atoms with Gasteiger partial charge in [-0.25, -0.2) is 14.4 Å². The lowest BCUT2D eigenvalue weighted by atomic mass is 9.76. The summed E-state index contributed by atoms with van der Waals surface area (Å²) in [5.41, 5.74) is 0.709. The van der Waals surface area contributed by atoms with Gasteiger partial charge in [0.25, 0.3) is 0 Å². The second-order valence-corrected chi connectivity index (χ2v) is 10.3. The zero-order chi connectivity index (χ0) is 27.4. The molecule has 0 saturated carbocycles. The number of carbonyl (C=O) groups is 1. The van der Waals surface area contributed by atoms with Crippen LogP contribution in [0, 0.1) is 19.7 Å². The van der Waals surface area contributed by atoms with Gasteiger partial charge in [0, 0.05) is 23.4 Å². The largest absolute Gasteiger partial charge is 0.419 e. The van der Waals surface area contributed by atoms with Crippen LogP contribution in [0.4, 0.5) is 29.1 Å². The summed E-state index contributed by atoms with van der Waals surface area (Å²) < 4.78 is 55.0. The van der Waals surface area contributed by atoms with Gasteiger partial charge in [0.2, 0.25) is 5.91 Å². The number of anilines is 2. The lowest BCUT2D eigenvalue weighted by Crippen LogP contribution is -2.53. The molecule has 0 aliphatic carbocycles. The Labute approximate surface area is 218 Å². The maximum Gasteiger partial charge on any atom is 0.419 e. The van der Waals surface area contributed by atoms with E-state index in [0.29, 0.717) is 42.4 Å². The smallest absolute Gasteiger partial charge is 0.363 e. The number of nitrogens with zero attached hydrogens (tertiary/aromatic N) is 4. The van der Waals surface area contributed by atoms with E-state index in [-0.39, 0.29) is 18.0 Å². The molecule has 2 aromatic carbocycles. The second kappa shape index (κ2) is 9.34. The number of amides is 1. The molecule has 10 heteroatoms. The first-order chi connectivity index (χ1) is 17.9. The van der Waals surface area contributed by atoms with Gasteiger partial charge in [-0.05, 0) is 58.5 Å². The van der Waals surface area contributed by atoms with Crippen LogP contribution >= 0.6 is 0 Å². The lowest BCUT2D eigenvalue weighted by Gasteiger charge is -2.41. The highest BCUT2D eigenvalue weighted by Gasteiger charge is 2.53. The van der Waals surface area contributed by atoms with Gasteiger partial charge in [-0.3, -0.25) is 4.79 Å². The molecule has 1 unspecified atom stereocenters. The van der Waals surface area contributed by atoms with Crippen LogP contribution in [-0.2, 0) is 22.9 Å². The van der Waals surface area contributed by atoms with E-state index in [4.69, 9.17) is 4.98 Å². The predicted octanol–water partition coefficient (Wildman–Crippen LogP) is 5.54. The van der Waals surface area contributed by atoms with Crippen LogP contribution in [0.2, 0.25) is 0 Å². The van der Waals surface area contributed by atoms with Crippen LogP contribution in [-0.4, -0.2) is 40.9 Å². The molecule has 5 rings (SSSR count). The summed E-state index contributed by atoms with van der Waals surface area (Å²) >= 11 is 0. The minimum atomic E-state index is -4.81. The molecule has 0 bridgehead atoms. The van der Waals surface area contributed by atoms with Crippen molar-refractivity contribution in [2.75, 3.05) is 30.4 Å². The van der Waals surface area contributed by atoms with Gasteiger partial charge < -0.3 is 15.1 Å². The quantitative estimate of drug-likeness (QED) is 0.451. The standard InChI is InChI=1S/C28H29F4N5O/c1-16-8-5-6-11-22(16)37-14-20-24(27(26(37)38)12-13-36(4)15-27)34-18(3)35-25(20)33-17(2)19-9-7-10-21(23(19)29)28(30,31)32/h5-11,17H,12-15H2,1-4H3,(H,33,34,35)/t17-,27?/m1/s1. The number of aromatic nitrogens is 2. The zero-order valence-electron chi connectivity index (χ0n) is 21.7. The van der Waals surface area contributed by atoms with Gasteiger partial charge >= 0.3 is 6.18 Å². The molecule has 1 saturated heterocycles. The molecule has 2 atom stereocenters. The van der Waals surface area contributed by atoms with Crippen LogP contribution in [0.1, 0.15) is 53.2 Å². The normalized spacial score (nSPS) is 20.6. The highest BCUT2D eigenvalue weighted by Crippen LogP contribution is 2.45. The second-order valence-electron chi connectivity index (χ2n) is 10.3. The maximum atomic E-state index is 15.0. The topological polar surface area (TPSA) is 61.4 Å². The van der Waals surface area contributed by atoms with Crippen molar-refractivity contribution in [3.63, 3.8) is 0 Å². The Balaban J connectivity index is 1.62. The van der Waals surface area contributed by atoms with Crippen molar-refractivity contribution in [1.82, 2.24) is 14.9 Å². The minimum Gasteiger partial charge on any atom is -0.363 e. The average Bonchev–Trinajstić information content (AvgIpc) is 3.24. The molecular formula is C28H29F4N5O. The molecule has 0 radical (unpaired) electrons. The number of nitrogens with one attached hydrogen (secondary N) is 1. The van der Waals surface area contributed by atoms with Crippen LogP contribution in [0.3, 0.4) is 0 Å². The number of benzene rings is 2. The highest BCUT2D eigenvalue weighted by atomic mass is 19.4. The Morgan fingerprint density at radius 2 is 1.82 bits per heavy atom. The minimum absolute atomic E-state index is 0.0373. The molecule has 2 aliphatic rings. The van der Waals surface area contributed by atoms with Gasteiger partial charge in [0.1, 0.15) is 22.9 Å². The molecule has 6 nitrogen and oxygen atoms in total. The molecular weight excluding hydrogens is 498 g/mol. The fraction of sp³-hybridized carbons (Fsp3) is 0.393. The van der Waals surface area contributed by atoms with Crippen LogP contribution in [0.25, 0.3) is 0 Å². The van der Waals surface area contributed by atoms with Crippen molar-refractivity contribution in [2.45, 2.75) is 51.4 Å². The Morgan fingerprint density at radius 3 is 2.47 bits per heavy atom. The first-order valence-corrected chi connectivity index (χ1v) is 12.5. The molecule has 2 aliphatic heterocycles. The van der Waals surface area contributed by atoms with E-state index < -0.39 is 29.0 Å². The molecule has 1 aromatic heterocycles. The number of likely N-dealkylation sites (N-methyl/N-ethyl adjacent to an activating group) is 1. The molecule has 1 N–H and O–H groups in total. The third kappa shape index (κ3) is 4.30. The number of hydrogen-bond acceptors (Lipinski definition) is 5. The summed E-state index contributed by atoms with van der Waals surface area (Å²) in [7, 11) is 1.96. The molecule has 3 aromatic rings. The monoisotopic (exact) mass is 527 g/mol. The number of para-hydroxylation sites is 1. The maximum absolute atomic E-state index is 15.0. The van der Waals surface area contributed by atoms with Crippen LogP contribution in [0.5, 0.6) is 0 Å². The first kappa shape index (κ1) is 26.1. The SMILES string of the molecule is Cc1nc(N[C@H](C)c2cccc(C(F)(F)F)c2F)c2c(n1)C1(CCN(C)C1)C(=O)N(c1ccccc1C)C2. The Kier molecular flexibility index (Phi) is 6.41. The Morgan fingerprint density at radius 1 is 1.08 bits per heavy atom. The van der Waals surface area contributed by atoms with Crippen molar-refractivity contribution in [3.8, 4) is 0 Å². The van der Waals surface area contributed by atoms with E-state index in [0.717, 1.165) is 17.3 Å². The molecule has 3 heterocycles. The van der Waals surface area contributed by atoms with E-state index in [2.05, 4.69) is 15.2 Å². The number of fused-ring (bicyclic) bond motifs is 2. The number of halogens is 4. The molecule has 1 fully saturated rings. The molecule has 200 valence electrons. The summed E-state index contributed by atoms with van der Waals surface area (Å²) in [6.45, 7) is 6.62. The number of alkyl halides is 3. The van der Waals surface area contributed by atoms with Gasteiger partial charge in [0.15, 0.2) is 0 Å². The number of rotatable bonds is 4. The summed E-state index contributed by atoms with van der Waals surface area (Å²) in [6.07, 6.45) is -4.23.